The largest absolute Gasteiger partial charge is 0.385 e. The Labute approximate surface area is 134 Å². The van der Waals surface area contributed by atoms with Crippen LogP contribution in [-0.2, 0) is 13.8 Å². The van der Waals surface area contributed by atoms with E-state index in [0.29, 0.717) is 13.2 Å². The summed E-state index contributed by atoms with van der Waals surface area (Å²) in [5, 5.41) is 2.70. The Morgan fingerprint density at radius 3 is 2.62 bits per heavy atom. The molecule has 0 fully saturated rings. The Bertz CT molecular complexity index is 590. The summed E-state index contributed by atoms with van der Waals surface area (Å²) in [6, 6.07) is 3.96. The molecule has 1 rings (SSSR count). The minimum atomic E-state index is -3.98. The molecule has 0 aliphatic rings. The predicted molar refractivity (Wildman–Crippen MR) is 82.6 cm³/mol. The van der Waals surface area contributed by atoms with Crippen molar-refractivity contribution in [3.05, 3.63) is 28.8 Å². The third-order valence-electron chi connectivity index (χ3n) is 2.77. The van der Waals surface area contributed by atoms with Gasteiger partial charge >= 0.3 is 0 Å². The predicted octanol–water partition coefficient (Wildman–Crippen LogP) is 2.81. The van der Waals surface area contributed by atoms with E-state index in [1.54, 1.807) is 7.11 Å². The SMILES string of the molecule is COCCCCCNC(=O)c1ccc(Cl)c(S(=O)(=O)Cl)c1. The maximum Gasteiger partial charge on any atom is 0.262 e. The van der Waals surface area contributed by atoms with Crippen LogP contribution in [0.1, 0.15) is 29.6 Å². The monoisotopic (exact) mass is 353 g/mol. The Morgan fingerprint density at radius 1 is 1.29 bits per heavy atom. The van der Waals surface area contributed by atoms with Gasteiger partial charge in [0.2, 0.25) is 0 Å². The van der Waals surface area contributed by atoms with E-state index in [1.807, 2.05) is 0 Å². The highest BCUT2D eigenvalue weighted by Gasteiger charge is 2.17. The van der Waals surface area contributed by atoms with Crippen molar-refractivity contribution in [2.75, 3.05) is 20.3 Å². The molecule has 1 aromatic carbocycles. The summed E-state index contributed by atoms with van der Waals surface area (Å²) in [6.45, 7) is 1.20. The smallest absolute Gasteiger partial charge is 0.262 e. The Balaban J connectivity index is 2.59. The Hall–Kier alpha value is -0.820. The number of nitrogens with one attached hydrogen (secondary N) is 1. The minimum absolute atomic E-state index is 0.0129. The first kappa shape index (κ1) is 18.2. The first-order valence-electron chi connectivity index (χ1n) is 6.37. The van der Waals surface area contributed by atoms with Gasteiger partial charge in [-0.05, 0) is 37.5 Å². The molecular formula is C13H17Cl2NO4S. The summed E-state index contributed by atoms with van der Waals surface area (Å²) >= 11 is 5.75. The number of carbonyl (C=O) groups excluding carboxylic acids is 1. The van der Waals surface area contributed by atoms with Crippen LogP contribution < -0.4 is 5.32 Å². The fourth-order valence-electron chi connectivity index (χ4n) is 1.68. The molecular weight excluding hydrogens is 337 g/mol. The van der Waals surface area contributed by atoms with Crippen LogP contribution >= 0.6 is 22.3 Å². The standard InChI is InChI=1S/C13H17Cl2NO4S/c1-20-8-4-2-3-7-16-13(17)10-5-6-11(14)12(9-10)21(15,18)19/h5-6,9H,2-4,7-8H2,1H3,(H,16,17). The molecule has 0 aromatic heterocycles. The molecule has 0 spiro atoms. The normalized spacial score (nSPS) is 11.4. The van der Waals surface area contributed by atoms with Crippen LogP contribution in [0.15, 0.2) is 23.1 Å². The number of hydrogen-bond donors (Lipinski definition) is 1. The van der Waals surface area contributed by atoms with Crippen LogP contribution in [0.3, 0.4) is 0 Å². The average molecular weight is 354 g/mol. The molecule has 118 valence electrons. The topological polar surface area (TPSA) is 72.5 Å². The fraction of sp³-hybridized carbons (Fsp3) is 0.462. The third kappa shape index (κ3) is 6.22. The van der Waals surface area contributed by atoms with Gasteiger partial charge in [0.15, 0.2) is 0 Å². The van der Waals surface area contributed by atoms with E-state index < -0.39 is 9.05 Å². The number of amides is 1. The molecule has 0 aliphatic carbocycles. The number of ether oxygens (including phenoxy) is 1. The lowest BCUT2D eigenvalue weighted by Gasteiger charge is -2.07. The molecule has 1 N–H and O–H groups in total. The van der Waals surface area contributed by atoms with Crippen LogP contribution in [-0.4, -0.2) is 34.6 Å². The molecule has 0 aliphatic heterocycles. The van der Waals surface area contributed by atoms with Crippen molar-refractivity contribution in [2.45, 2.75) is 24.2 Å². The van der Waals surface area contributed by atoms with E-state index in [0.717, 1.165) is 19.3 Å². The van der Waals surface area contributed by atoms with E-state index in [4.69, 9.17) is 27.0 Å². The quantitative estimate of drug-likeness (QED) is 0.576. The van der Waals surface area contributed by atoms with Gasteiger partial charge < -0.3 is 10.1 Å². The zero-order chi connectivity index (χ0) is 15.9. The highest BCUT2D eigenvalue weighted by atomic mass is 35.7. The molecule has 0 saturated heterocycles. The lowest BCUT2D eigenvalue weighted by atomic mass is 10.2. The Morgan fingerprint density at radius 2 is 2.00 bits per heavy atom. The number of rotatable bonds is 8. The van der Waals surface area contributed by atoms with Crippen molar-refractivity contribution < 1.29 is 17.9 Å². The molecule has 5 nitrogen and oxygen atoms in total. The number of methoxy groups -OCH3 is 1. The molecule has 0 atom stereocenters. The molecule has 1 aromatic rings. The van der Waals surface area contributed by atoms with Crippen LogP contribution in [0.5, 0.6) is 0 Å². The van der Waals surface area contributed by atoms with Gasteiger partial charge in [0.05, 0.1) is 5.02 Å². The first-order valence-corrected chi connectivity index (χ1v) is 9.06. The van der Waals surface area contributed by atoms with Gasteiger partial charge in [-0.25, -0.2) is 8.42 Å². The van der Waals surface area contributed by atoms with E-state index in [-0.39, 0.29) is 21.4 Å². The molecule has 0 saturated carbocycles. The van der Waals surface area contributed by atoms with Crippen molar-refractivity contribution >= 4 is 37.2 Å². The lowest BCUT2D eigenvalue weighted by molar-refractivity contribution is 0.0952. The summed E-state index contributed by atoms with van der Waals surface area (Å²) in [6.07, 6.45) is 2.70. The maximum atomic E-state index is 11.9. The minimum Gasteiger partial charge on any atom is -0.385 e. The number of halogens is 2. The summed E-state index contributed by atoms with van der Waals surface area (Å²) in [4.78, 5) is 11.6. The van der Waals surface area contributed by atoms with Crippen molar-refractivity contribution in [3.8, 4) is 0 Å². The van der Waals surface area contributed by atoms with Gasteiger partial charge in [-0.1, -0.05) is 11.6 Å². The summed E-state index contributed by atoms with van der Waals surface area (Å²) < 4.78 is 27.6. The highest BCUT2D eigenvalue weighted by Crippen LogP contribution is 2.25. The molecule has 8 heteroatoms. The fourth-order valence-corrected chi connectivity index (χ4v) is 3.18. The summed E-state index contributed by atoms with van der Waals surface area (Å²) in [5.41, 5.74) is 0.204. The zero-order valence-electron chi connectivity index (χ0n) is 11.6. The van der Waals surface area contributed by atoms with Gasteiger partial charge in [-0.3, -0.25) is 4.79 Å². The second-order valence-electron chi connectivity index (χ2n) is 4.39. The molecule has 0 bridgehead atoms. The van der Waals surface area contributed by atoms with Gasteiger partial charge in [-0.15, -0.1) is 0 Å². The van der Waals surface area contributed by atoms with Gasteiger partial charge in [0.25, 0.3) is 15.0 Å². The number of unbranched alkanes of at least 4 members (excludes halogenated alkanes) is 2. The van der Waals surface area contributed by atoms with Crippen molar-refractivity contribution in [2.24, 2.45) is 0 Å². The molecule has 0 unspecified atom stereocenters. The van der Waals surface area contributed by atoms with E-state index in [2.05, 4.69) is 5.32 Å². The van der Waals surface area contributed by atoms with Crippen molar-refractivity contribution in [3.63, 3.8) is 0 Å². The third-order valence-corrected chi connectivity index (χ3v) is 4.57. The molecule has 1 amide bonds. The van der Waals surface area contributed by atoms with Crippen LogP contribution in [0.2, 0.25) is 5.02 Å². The second kappa shape index (κ2) is 8.58. The van der Waals surface area contributed by atoms with Crippen LogP contribution in [0, 0.1) is 0 Å². The van der Waals surface area contributed by atoms with Crippen molar-refractivity contribution in [1.29, 1.82) is 0 Å². The van der Waals surface area contributed by atoms with Gasteiger partial charge in [0, 0.05) is 36.5 Å². The highest BCUT2D eigenvalue weighted by molar-refractivity contribution is 8.13. The second-order valence-corrected chi connectivity index (χ2v) is 7.33. The van der Waals surface area contributed by atoms with Gasteiger partial charge in [0.1, 0.15) is 4.90 Å². The number of carbonyl (C=O) groups is 1. The average Bonchev–Trinajstić information content (AvgIpc) is 2.41. The maximum absolute atomic E-state index is 11.9. The zero-order valence-corrected chi connectivity index (χ0v) is 13.9. The molecule has 0 radical (unpaired) electrons. The number of benzene rings is 1. The first-order chi connectivity index (χ1) is 9.86. The van der Waals surface area contributed by atoms with Gasteiger partial charge in [-0.2, -0.15) is 0 Å². The van der Waals surface area contributed by atoms with Crippen LogP contribution in [0.4, 0.5) is 0 Å². The van der Waals surface area contributed by atoms with E-state index in [1.165, 1.54) is 18.2 Å². The summed E-state index contributed by atoms with van der Waals surface area (Å²) in [5.74, 6) is -0.361. The Kier molecular flexibility index (Phi) is 7.45. The van der Waals surface area contributed by atoms with Crippen molar-refractivity contribution in [1.82, 2.24) is 5.32 Å². The van der Waals surface area contributed by atoms with E-state index >= 15 is 0 Å². The lowest BCUT2D eigenvalue weighted by Crippen LogP contribution is -2.24. The van der Waals surface area contributed by atoms with Crippen LogP contribution in [0.25, 0.3) is 0 Å². The molecule has 21 heavy (non-hydrogen) atoms. The number of hydrogen-bond acceptors (Lipinski definition) is 4. The summed E-state index contributed by atoms with van der Waals surface area (Å²) in [7, 11) is 2.93. The van der Waals surface area contributed by atoms with E-state index in [9.17, 15) is 13.2 Å². The molecule has 0 heterocycles.